The van der Waals surface area contributed by atoms with Crippen molar-refractivity contribution < 1.29 is 9.47 Å². The Morgan fingerprint density at radius 3 is 2.50 bits per heavy atom. The minimum atomic E-state index is -0.413. The van der Waals surface area contributed by atoms with Crippen LogP contribution in [0, 0.1) is 0 Å². The molecule has 0 spiro atoms. The van der Waals surface area contributed by atoms with Gasteiger partial charge in [-0.1, -0.05) is 0 Å². The Balaban J connectivity index is 2.24. The van der Waals surface area contributed by atoms with Crippen LogP contribution in [0.5, 0.6) is 0 Å². The molecule has 0 aromatic carbocycles. The van der Waals surface area contributed by atoms with Gasteiger partial charge in [0.2, 0.25) is 0 Å². The first-order valence-electron chi connectivity index (χ1n) is 3.43. The van der Waals surface area contributed by atoms with Gasteiger partial charge in [0.05, 0.1) is 12.7 Å². The lowest BCUT2D eigenvalue weighted by Crippen LogP contribution is -2.18. The second kappa shape index (κ2) is 3.11. The van der Waals surface area contributed by atoms with Crippen molar-refractivity contribution in [1.82, 2.24) is 0 Å². The largest absolute Gasteiger partial charge is 0.353 e. The van der Waals surface area contributed by atoms with Crippen molar-refractivity contribution >= 4 is 10.0 Å². The Labute approximate surface area is 64.2 Å². The van der Waals surface area contributed by atoms with Crippen molar-refractivity contribution in [1.29, 1.82) is 0 Å². The number of hydrogen-bond donors (Lipinski definition) is 0. The Morgan fingerprint density at radius 2 is 2.10 bits per heavy atom. The standard InChI is InChI=1S/C7H16O2S/c1-10(2,3)5-7-4-8-6-9-7/h7H,4-6H2,1-3H3. The van der Waals surface area contributed by atoms with Crippen LogP contribution in [0.25, 0.3) is 0 Å². The topological polar surface area (TPSA) is 18.5 Å². The lowest BCUT2D eigenvalue weighted by atomic mass is 10.4. The zero-order chi connectivity index (χ0) is 7.61. The summed E-state index contributed by atoms with van der Waals surface area (Å²) in [6.45, 7) is 1.30. The summed E-state index contributed by atoms with van der Waals surface area (Å²) in [5.74, 6) is 1.17. The molecule has 1 saturated heterocycles. The molecule has 3 heteroatoms. The summed E-state index contributed by atoms with van der Waals surface area (Å²) in [5.41, 5.74) is 0. The normalized spacial score (nSPS) is 28.9. The molecule has 0 bridgehead atoms. The van der Waals surface area contributed by atoms with Gasteiger partial charge >= 0.3 is 0 Å². The fourth-order valence-electron chi connectivity index (χ4n) is 1.03. The fraction of sp³-hybridized carbons (Fsp3) is 1.00. The number of hydrogen-bond acceptors (Lipinski definition) is 2. The van der Waals surface area contributed by atoms with Crippen LogP contribution in [0.3, 0.4) is 0 Å². The van der Waals surface area contributed by atoms with Crippen molar-refractivity contribution in [2.45, 2.75) is 6.10 Å². The van der Waals surface area contributed by atoms with Crippen LogP contribution in [0.15, 0.2) is 0 Å². The predicted molar refractivity (Wildman–Crippen MR) is 45.9 cm³/mol. The zero-order valence-electron chi connectivity index (χ0n) is 6.92. The first kappa shape index (κ1) is 8.37. The summed E-state index contributed by atoms with van der Waals surface area (Å²) < 4.78 is 10.4. The Bertz CT molecular complexity index is 103. The average molecular weight is 164 g/mol. The highest BCUT2D eigenvalue weighted by atomic mass is 32.3. The van der Waals surface area contributed by atoms with Crippen LogP contribution in [-0.2, 0) is 9.47 Å². The van der Waals surface area contributed by atoms with Gasteiger partial charge in [0.25, 0.3) is 0 Å². The monoisotopic (exact) mass is 164 g/mol. The summed E-state index contributed by atoms with van der Waals surface area (Å²) in [7, 11) is -0.413. The molecule has 1 aliphatic heterocycles. The third-order valence-electron chi connectivity index (χ3n) is 1.38. The van der Waals surface area contributed by atoms with Gasteiger partial charge in [-0.15, -0.1) is 0 Å². The van der Waals surface area contributed by atoms with Gasteiger partial charge in [0.15, 0.2) is 0 Å². The van der Waals surface area contributed by atoms with Crippen LogP contribution in [0.4, 0.5) is 0 Å². The second-order valence-electron chi connectivity index (χ2n) is 3.53. The molecule has 1 heterocycles. The fourth-order valence-corrected chi connectivity index (χ4v) is 2.33. The molecule has 0 aromatic rings. The Morgan fingerprint density at radius 1 is 1.40 bits per heavy atom. The summed E-state index contributed by atoms with van der Waals surface area (Å²) in [6, 6.07) is 0. The maximum absolute atomic E-state index is 5.33. The van der Waals surface area contributed by atoms with E-state index in [-0.39, 0.29) is 0 Å². The van der Waals surface area contributed by atoms with Crippen LogP contribution < -0.4 is 0 Å². The first-order valence-corrected chi connectivity index (χ1v) is 6.46. The second-order valence-corrected chi connectivity index (χ2v) is 8.05. The lowest BCUT2D eigenvalue weighted by Gasteiger charge is -2.27. The predicted octanol–water partition coefficient (Wildman–Crippen LogP) is 1.05. The molecule has 1 unspecified atom stereocenters. The van der Waals surface area contributed by atoms with E-state index in [9.17, 15) is 0 Å². The van der Waals surface area contributed by atoms with Gasteiger partial charge in [-0.25, -0.2) is 10.0 Å². The van der Waals surface area contributed by atoms with Gasteiger partial charge in [0, 0.05) is 5.75 Å². The number of ether oxygens (including phenoxy) is 2. The van der Waals surface area contributed by atoms with Crippen LogP contribution in [0.1, 0.15) is 0 Å². The molecule has 0 aliphatic carbocycles. The van der Waals surface area contributed by atoms with E-state index >= 15 is 0 Å². The molecule has 10 heavy (non-hydrogen) atoms. The van der Waals surface area contributed by atoms with E-state index in [0.29, 0.717) is 12.9 Å². The summed E-state index contributed by atoms with van der Waals surface area (Å²) >= 11 is 0. The molecular formula is C7H16O2S. The molecule has 0 radical (unpaired) electrons. The summed E-state index contributed by atoms with van der Waals surface area (Å²) in [5, 5.41) is 0. The Kier molecular flexibility index (Phi) is 2.61. The van der Waals surface area contributed by atoms with Gasteiger partial charge < -0.3 is 9.47 Å². The molecule has 2 nitrogen and oxygen atoms in total. The van der Waals surface area contributed by atoms with Crippen molar-refractivity contribution in [3.05, 3.63) is 0 Å². The minimum Gasteiger partial charge on any atom is -0.353 e. The molecular weight excluding hydrogens is 148 g/mol. The third-order valence-corrected chi connectivity index (χ3v) is 2.75. The smallest absolute Gasteiger partial charge is 0.147 e. The Hall–Kier alpha value is 0.270. The molecule has 0 N–H and O–H groups in total. The van der Waals surface area contributed by atoms with E-state index in [1.165, 1.54) is 5.75 Å². The van der Waals surface area contributed by atoms with E-state index in [4.69, 9.17) is 9.47 Å². The quantitative estimate of drug-likeness (QED) is 0.607. The lowest BCUT2D eigenvalue weighted by molar-refractivity contribution is 0.0523. The summed E-state index contributed by atoms with van der Waals surface area (Å²) in [6.07, 6.45) is 7.27. The van der Waals surface area contributed by atoms with Gasteiger partial charge in [-0.2, -0.15) is 0 Å². The molecule has 0 saturated carbocycles. The van der Waals surface area contributed by atoms with Crippen molar-refractivity contribution in [3.8, 4) is 0 Å². The van der Waals surface area contributed by atoms with Crippen LogP contribution in [0.2, 0.25) is 0 Å². The highest BCUT2D eigenvalue weighted by Gasteiger charge is 2.20. The molecule has 1 aliphatic rings. The van der Waals surface area contributed by atoms with Gasteiger partial charge in [-0.05, 0) is 18.8 Å². The highest BCUT2D eigenvalue weighted by molar-refractivity contribution is 8.32. The molecule has 62 valence electrons. The van der Waals surface area contributed by atoms with Gasteiger partial charge in [-0.3, -0.25) is 0 Å². The van der Waals surface area contributed by atoms with E-state index in [0.717, 1.165) is 6.61 Å². The molecule has 0 amide bonds. The third kappa shape index (κ3) is 2.90. The minimum absolute atomic E-state index is 0.370. The first-order chi connectivity index (χ1) is 4.58. The number of rotatable bonds is 2. The van der Waals surface area contributed by atoms with Crippen molar-refractivity contribution in [2.24, 2.45) is 0 Å². The van der Waals surface area contributed by atoms with Crippen molar-refractivity contribution in [3.63, 3.8) is 0 Å². The van der Waals surface area contributed by atoms with E-state index in [1.807, 2.05) is 0 Å². The molecule has 1 atom stereocenters. The highest BCUT2D eigenvalue weighted by Crippen LogP contribution is 2.36. The van der Waals surface area contributed by atoms with Crippen LogP contribution in [-0.4, -0.2) is 44.0 Å². The SMILES string of the molecule is CS(C)(C)CC1COCO1. The van der Waals surface area contributed by atoms with E-state index < -0.39 is 10.0 Å². The van der Waals surface area contributed by atoms with Crippen molar-refractivity contribution in [2.75, 3.05) is 37.9 Å². The maximum atomic E-state index is 5.33. The zero-order valence-corrected chi connectivity index (χ0v) is 7.74. The van der Waals surface area contributed by atoms with Crippen LogP contribution >= 0.6 is 10.0 Å². The average Bonchev–Trinajstić information content (AvgIpc) is 2.12. The molecule has 1 fully saturated rings. The molecule has 0 aromatic heterocycles. The van der Waals surface area contributed by atoms with E-state index in [2.05, 4.69) is 18.8 Å². The van der Waals surface area contributed by atoms with E-state index in [1.54, 1.807) is 0 Å². The summed E-state index contributed by atoms with van der Waals surface area (Å²) in [4.78, 5) is 0. The van der Waals surface area contributed by atoms with Gasteiger partial charge in [0.1, 0.15) is 6.79 Å². The maximum Gasteiger partial charge on any atom is 0.147 e. The molecule has 1 rings (SSSR count).